The van der Waals surface area contributed by atoms with Gasteiger partial charge in [-0.15, -0.1) is 0 Å². The maximum absolute atomic E-state index is 9.32. The van der Waals surface area contributed by atoms with Crippen molar-refractivity contribution in [3.63, 3.8) is 0 Å². The summed E-state index contributed by atoms with van der Waals surface area (Å²) in [6.45, 7) is 2.53. The summed E-state index contributed by atoms with van der Waals surface area (Å²) in [6, 6.07) is 10.5. The van der Waals surface area contributed by atoms with Gasteiger partial charge in [-0.2, -0.15) is 0 Å². The van der Waals surface area contributed by atoms with Crippen molar-refractivity contribution < 1.29 is 9.84 Å². The number of methoxy groups -OCH3 is 1. The third-order valence-electron chi connectivity index (χ3n) is 6.71. The predicted molar refractivity (Wildman–Crippen MR) is 127 cm³/mol. The molecule has 3 heterocycles. The Bertz CT molecular complexity index is 1090. The standard InChI is InChI=1S/C25H31N5O2/c1-29(13-14-31)23-15-20-21(16-26-23)27-24(18-7-8-18)28-25(20)30-11-9-17(10-12-30)19-5-3-4-6-22(19)32-2/h3-6,15-18,31H,7-14H2,1-2H3. The van der Waals surface area contributed by atoms with Crippen molar-refractivity contribution in [1.29, 1.82) is 0 Å². The Morgan fingerprint density at radius 3 is 2.59 bits per heavy atom. The van der Waals surface area contributed by atoms with Gasteiger partial charge in [-0.3, -0.25) is 0 Å². The number of hydrogen-bond acceptors (Lipinski definition) is 7. The average molecular weight is 434 g/mol. The number of likely N-dealkylation sites (N-methyl/N-ethyl adjacent to an activating group) is 1. The number of para-hydroxylation sites is 1. The second-order valence-corrected chi connectivity index (χ2v) is 8.89. The van der Waals surface area contributed by atoms with Gasteiger partial charge in [0.2, 0.25) is 0 Å². The van der Waals surface area contributed by atoms with Crippen LogP contribution in [0.5, 0.6) is 5.75 Å². The number of nitrogens with zero attached hydrogens (tertiary/aromatic N) is 5. The Hall–Kier alpha value is -2.93. The van der Waals surface area contributed by atoms with Gasteiger partial charge in [0.05, 0.1) is 25.4 Å². The van der Waals surface area contributed by atoms with Gasteiger partial charge < -0.3 is 19.6 Å². The molecule has 0 radical (unpaired) electrons. The molecule has 0 spiro atoms. The number of pyridine rings is 1. The number of aliphatic hydroxyl groups excluding tert-OH is 1. The first-order valence-electron chi connectivity index (χ1n) is 11.6. The average Bonchev–Trinajstić information content (AvgIpc) is 3.69. The first-order chi connectivity index (χ1) is 15.7. The van der Waals surface area contributed by atoms with Crippen LogP contribution in [0.4, 0.5) is 11.6 Å². The number of aromatic nitrogens is 3. The zero-order valence-corrected chi connectivity index (χ0v) is 18.9. The van der Waals surface area contributed by atoms with Crippen molar-refractivity contribution in [2.45, 2.75) is 37.5 Å². The van der Waals surface area contributed by atoms with Crippen LogP contribution in [0, 0.1) is 0 Å². The molecule has 1 saturated heterocycles. The monoisotopic (exact) mass is 433 g/mol. The van der Waals surface area contributed by atoms with Gasteiger partial charge in [-0.05, 0) is 49.3 Å². The van der Waals surface area contributed by atoms with Crippen molar-refractivity contribution in [3.05, 3.63) is 47.9 Å². The Balaban J connectivity index is 1.45. The van der Waals surface area contributed by atoms with Crippen molar-refractivity contribution in [2.75, 3.05) is 50.2 Å². The SMILES string of the molecule is COc1ccccc1C1CCN(c2nc(C3CC3)nc3cnc(N(C)CCO)cc23)CC1. The molecule has 2 aromatic heterocycles. The van der Waals surface area contributed by atoms with Gasteiger partial charge in [-0.25, -0.2) is 15.0 Å². The first-order valence-corrected chi connectivity index (χ1v) is 11.6. The van der Waals surface area contributed by atoms with Crippen molar-refractivity contribution in [2.24, 2.45) is 0 Å². The fraction of sp³-hybridized carbons (Fsp3) is 0.480. The van der Waals surface area contributed by atoms with E-state index in [9.17, 15) is 5.11 Å². The molecule has 1 saturated carbocycles. The second kappa shape index (κ2) is 8.90. The number of anilines is 2. The minimum absolute atomic E-state index is 0.0939. The van der Waals surface area contributed by atoms with Crippen LogP contribution in [0.15, 0.2) is 36.5 Å². The van der Waals surface area contributed by atoms with E-state index in [-0.39, 0.29) is 6.61 Å². The minimum atomic E-state index is 0.0939. The summed E-state index contributed by atoms with van der Waals surface area (Å²) in [4.78, 5) is 18.9. The van der Waals surface area contributed by atoms with Crippen LogP contribution in [-0.2, 0) is 0 Å². The van der Waals surface area contributed by atoms with Crippen molar-refractivity contribution in [1.82, 2.24) is 15.0 Å². The fourth-order valence-electron chi connectivity index (χ4n) is 4.67. The van der Waals surface area contributed by atoms with E-state index >= 15 is 0 Å². The topological polar surface area (TPSA) is 74.6 Å². The summed E-state index contributed by atoms with van der Waals surface area (Å²) < 4.78 is 5.61. The highest BCUT2D eigenvalue weighted by molar-refractivity contribution is 5.91. The third-order valence-corrected chi connectivity index (χ3v) is 6.71. The van der Waals surface area contributed by atoms with Crippen LogP contribution in [0.3, 0.4) is 0 Å². The van der Waals surface area contributed by atoms with E-state index in [2.05, 4.69) is 34.1 Å². The zero-order valence-electron chi connectivity index (χ0n) is 18.9. The van der Waals surface area contributed by atoms with Crippen LogP contribution in [0.2, 0.25) is 0 Å². The molecule has 1 N–H and O–H groups in total. The summed E-state index contributed by atoms with van der Waals surface area (Å²) in [6.07, 6.45) is 6.33. The highest BCUT2D eigenvalue weighted by Gasteiger charge is 2.30. The van der Waals surface area contributed by atoms with E-state index in [0.29, 0.717) is 18.4 Å². The molecule has 168 valence electrons. The van der Waals surface area contributed by atoms with Gasteiger partial charge in [-0.1, -0.05) is 18.2 Å². The fourth-order valence-corrected chi connectivity index (χ4v) is 4.67. The molecule has 7 nitrogen and oxygen atoms in total. The molecule has 0 amide bonds. The normalized spacial score (nSPS) is 17.0. The summed E-state index contributed by atoms with van der Waals surface area (Å²) in [7, 11) is 3.70. The van der Waals surface area contributed by atoms with Gasteiger partial charge in [0.15, 0.2) is 0 Å². The van der Waals surface area contributed by atoms with E-state index in [1.165, 1.54) is 18.4 Å². The van der Waals surface area contributed by atoms with Gasteiger partial charge in [0.1, 0.15) is 23.2 Å². The van der Waals surface area contributed by atoms with Crippen LogP contribution in [0.1, 0.15) is 48.9 Å². The van der Waals surface area contributed by atoms with E-state index in [1.54, 1.807) is 7.11 Å². The molecule has 1 aromatic carbocycles. The van der Waals surface area contributed by atoms with Crippen LogP contribution >= 0.6 is 0 Å². The molecule has 5 rings (SSSR count). The van der Waals surface area contributed by atoms with Gasteiger partial charge >= 0.3 is 0 Å². The number of benzene rings is 1. The Morgan fingerprint density at radius 2 is 1.88 bits per heavy atom. The third kappa shape index (κ3) is 4.09. The molecular weight excluding hydrogens is 402 g/mol. The summed E-state index contributed by atoms with van der Waals surface area (Å²) in [5.74, 6) is 4.78. The molecular formula is C25H31N5O2. The number of hydrogen-bond donors (Lipinski definition) is 1. The molecule has 0 bridgehead atoms. The van der Waals surface area contributed by atoms with Crippen molar-refractivity contribution in [3.8, 4) is 5.75 Å². The second-order valence-electron chi connectivity index (χ2n) is 8.89. The number of piperidine rings is 1. The number of fused-ring (bicyclic) bond motifs is 1. The van der Waals surface area contributed by atoms with Crippen LogP contribution < -0.4 is 14.5 Å². The molecule has 2 fully saturated rings. The Kier molecular flexibility index (Phi) is 5.83. The maximum atomic E-state index is 9.32. The smallest absolute Gasteiger partial charge is 0.140 e. The molecule has 32 heavy (non-hydrogen) atoms. The largest absolute Gasteiger partial charge is 0.496 e. The van der Waals surface area contributed by atoms with Gasteiger partial charge in [0, 0.05) is 38.0 Å². The van der Waals surface area contributed by atoms with E-state index in [1.807, 2.05) is 24.2 Å². The van der Waals surface area contributed by atoms with E-state index in [0.717, 1.165) is 60.0 Å². The quantitative estimate of drug-likeness (QED) is 0.609. The molecule has 2 aliphatic rings. The molecule has 1 aliphatic carbocycles. The van der Waals surface area contributed by atoms with Crippen molar-refractivity contribution >= 4 is 22.5 Å². The minimum Gasteiger partial charge on any atom is -0.496 e. The molecule has 0 unspecified atom stereocenters. The van der Waals surface area contributed by atoms with Crippen LogP contribution in [0.25, 0.3) is 10.9 Å². The predicted octanol–water partition coefficient (Wildman–Crippen LogP) is 3.72. The highest BCUT2D eigenvalue weighted by Crippen LogP contribution is 2.41. The lowest BCUT2D eigenvalue weighted by molar-refractivity contribution is 0.304. The summed E-state index contributed by atoms with van der Waals surface area (Å²) in [5, 5.41) is 10.4. The Morgan fingerprint density at radius 1 is 1.09 bits per heavy atom. The molecule has 7 heteroatoms. The molecule has 0 atom stereocenters. The summed E-state index contributed by atoms with van der Waals surface area (Å²) >= 11 is 0. The highest BCUT2D eigenvalue weighted by atomic mass is 16.5. The van der Waals surface area contributed by atoms with E-state index < -0.39 is 0 Å². The lowest BCUT2D eigenvalue weighted by Gasteiger charge is -2.34. The lowest BCUT2D eigenvalue weighted by atomic mass is 9.88. The maximum Gasteiger partial charge on any atom is 0.140 e. The zero-order chi connectivity index (χ0) is 22.1. The van der Waals surface area contributed by atoms with E-state index in [4.69, 9.17) is 14.7 Å². The van der Waals surface area contributed by atoms with Crippen LogP contribution in [-0.4, -0.2) is 60.5 Å². The summed E-state index contributed by atoms with van der Waals surface area (Å²) in [5.41, 5.74) is 2.21. The van der Waals surface area contributed by atoms with Gasteiger partial charge in [0.25, 0.3) is 0 Å². The first kappa shape index (κ1) is 20.9. The lowest BCUT2D eigenvalue weighted by Crippen LogP contribution is -2.34. The Labute approximate surface area is 189 Å². The number of rotatable bonds is 7. The number of ether oxygens (including phenoxy) is 1. The molecule has 3 aromatic rings. The molecule has 1 aliphatic heterocycles. The number of aliphatic hydroxyl groups is 1.